The van der Waals surface area contributed by atoms with Gasteiger partial charge in [-0.2, -0.15) is 0 Å². The lowest BCUT2D eigenvalue weighted by Gasteiger charge is -2.00. The Bertz CT molecular complexity index is 282. The monoisotopic (exact) mass is 172 g/mol. The molecule has 0 aliphatic rings. The molecule has 5 heteroatoms. The van der Waals surface area contributed by atoms with Gasteiger partial charge in [-0.15, -0.1) is 0 Å². The van der Waals surface area contributed by atoms with Crippen molar-refractivity contribution in [2.45, 2.75) is 6.92 Å². The maximum absolute atomic E-state index is 12.8. The van der Waals surface area contributed by atoms with Crippen molar-refractivity contribution in [1.29, 1.82) is 0 Å². The number of pyridine rings is 1. The molecule has 2 nitrogen and oxygen atoms in total. The fraction of sp³-hybridized carbons (Fsp3) is 0.167. The van der Waals surface area contributed by atoms with Crippen LogP contribution in [0.5, 0.6) is 0 Å². The minimum atomic E-state index is -0.695. The average Bonchev–Trinajstić information content (AvgIpc) is 1.96. The molecule has 57 valence electrons. The highest BCUT2D eigenvalue weighted by molar-refractivity contribution is 6.46. The summed E-state index contributed by atoms with van der Waals surface area (Å²) in [7, 11) is 0.663. The number of halogens is 2. The van der Waals surface area contributed by atoms with E-state index in [1.807, 2.05) is 0 Å². The maximum atomic E-state index is 12.8. The zero-order valence-corrected chi connectivity index (χ0v) is 6.56. The molecule has 0 spiro atoms. The fourth-order valence-corrected chi connectivity index (χ4v) is 0.980. The van der Waals surface area contributed by atoms with Crippen molar-refractivity contribution < 1.29 is 9.41 Å². The summed E-state index contributed by atoms with van der Waals surface area (Å²) in [5.74, 6) is -0.695. The SMILES string of the molecule is Cc1cc([B]O)c(F)c(Cl)n1. The van der Waals surface area contributed by atoms with Crippen molar-refractivity contribution in [2.24, 2.45) is 0 Å². The third kappa shape index (κ3) is 1.70. The first-order valence-corrected chi connectivity index (χ1v) is 3.33. The average molecular weight is 172 g/mol. The molecular weight excluding hydrogens is 167 g/mol. The van der Waals surface area contributed by atoms with Gasteiger partial charge in [0.1, 0.15) is 0 Å². The summed E-state index contributed by atoms with van der Waals surface area (Å²) in [6.45, 7) is 1.66. The molecule has 0 aliphatic carbocycles. The van der Waals surface area contributed by atoms with Crippen LogP contribution in [0.2, 0.25) is 5.15 Å². The molecule has 1 rings (SSSR count). The van der Waals surface area contributed by atoms with Crippen LogP contribution in [0.3, 0.4) is 0 Å². The lowest BCUT2D eigenvalue weighted by molar-refractivity contribution is 0.599. The van der Waals surface area contributed by atoms with Crippen molar-refractivity contribution in [1.82, 2.24) is 4.98 Å². The summed E-state index contributed by atoms with van der Waals surface area (Å²) in [4.78, 5) is 3.64. The van der Waals surface area contributed by atoms with Crippen LogP contribution in [0.4, 0.5) is 4.39 Å². The largest absolute Gasteiger partial charge is 0.450 e. The van der Waals surface area contributed by atoms with Crippen LogP contribution in [0.25, 0.3) is 0 Å². The van der Waals surface area contributed by atoms with E-state index in [4.69, 9.17) is 16.6 Å². The molecule has 11 heavy (non-hydrogen) atoms. The molecule has 0 saturated heterocycles. The molecule has 1 heterocycles. The van der Waals surface area contributed by atoms with E-state index in [0.29, 0.717) is 13.2 Å². The number of rotatable bonds is 1. The Labute approximate surface area is 69.3 Å². The Balaban J connectivity index is 3.24. The lowest BCUT2D eigenvalue weighted by Crippen LogP contribution is -2.19. The van der Waals surface area contributed by atoms with Crippen LogP contribution in [0.1, 0.15) is 5.69 Å². The summed E-state index contributed by atoms with van der Waals surface area (Å²) in [5, 5.41) is 8.30. The van der Waals surface area contributed by atoms with E-state index in [0.717, 1.165) is 0 Å². The molecule has 0 unspecified atom stereocenters. The Morgan fingerprint density at radius 3 is 2.91 bits per heavy atom. The third-order valence-corrected chi connectivity index (χ3v) is 1.46. The van der Waals surface area contributed by atoms with E-state index in [9.17, 15) is 4.39 Å². The highest BCUT2D eigenvalue weighted by atomic mass is 35.5. The molecule has 0 aliphatic heterocycles. The lowest BCUT2D eigenvalue weighted by atomic mass is 9.89. The molecular formula is C6H5BClFNO. The Hall–Kier alpha value is -0.605. The first-order chi connectivity index (χ1) is 5.15. The fourth-order valence-electron chi connectivity index (χ4n) is 0.738. The first kappa shape index (κ1) is 8.49. The predicted octanol–water partition coefficient (Wildman–Crippen LogP) is 0.419. The van der Waals surface area contributed by atoms with E-state index in [1.165, 1.54) is 6.07 Å². The van der Waals surface area contributed by atoms with E-state index in [2.05, 4.69) is 4.98 Å². The number of aryl methyl sites for hydroxylation is 1. The van der Waals surface area contributed by atoms with Gasteiger partial charge in [-0.1, -0.05) is 11.6 Å². The molecule has 0 saturated carbocycles. The van der Waals surface area contributed by atoms with E-state index in [1.54, 1.807) is 6.92 Å². The quantitative estimate of drug-likeness (QED) is 0.492. The second-order valence-electron chi connectivity index (χ2n) is 2.09. The molecule has 0 bridgehead atoms. The normalized spacial score (nSPS) is 9.82. The van der Waals surface area contributed by atoms with Crippen molar-refractivity contribution in [3.63, 3.8) is 0 Å². The Kier molecular flexibility index (Phi) is 2.47. The molecule has 1 radical (unpaired) electrons. The standard InChI is InChI=1S/C6H5BClFNO/c1-3-2-4(7-11)5(9)6(8)10-3/h2,11H,1H3. The van der Waals surface area contributed by atoms with Crippen LogP contribution < -0.4 is 5.46 Å². The van der Waals surface area contributed by atoms with Gasteiger partial charge in [0.05, 0.1) is 0 Å². The van der Waals surface area contributed by atoms with E-state index >= 15 is 0 Å². The van der Waals surface area contributed by atoms with Gasteiger partial charge in [-0.25, -0.2) is 9.37 Å². The van der Waals surface area contributed by atoms with Gasteiger partial charge in [-0.3, -0.25) is 0 Å². The number of hydrogen-bond acceptors (Lipinski definition) is 2. The molecule has 0 fully saturated rings. The van der Waals surface area contributed by atoms with Crippen molar-refractivity contribution in [2.75, 3.05) is 0 Å². The number of aromatic nitrogens is 1. The van der Waals surface area contributed by atoms with Crippen LogP contribution >= 0.6 is 11.6 Å². The summed E-state index contributed by atoms with van der Waals surface area (Å²) in [6, 6.07) is 1.40. The highest BCUT2D eigenvalue weighted by Gasteiger charge is 2.08. The van der Waals surface area contributed by atoms with Crippen LogP contribution in [0, 0.1) is 12.7 Å². The minimum Gasteiger partial charge on any atom is -0.450 e. The first-order valence-electron chi connectivity index (χ1n) is 2.95. The van der Waals surface area contributed by atoms with Crippen LogP contribution in [0.15, 0.2) is 6.07 Å². The predicted molar refractivity (Wildman–Crippen MR) is 41.5 cm³/mol. The Morgan fingerprint density at radius 1 is 1.73 bits per heavy atom. The van der Waals surface area contributed by atoms with Crippen LogP contribution in [-0.2, 0) is 0 Å². The topological polar surface area (TPSA) is 33.1 Å². The highest BCUT2D eigenvalue weighted by Crippen LogP contribution is 2.08. The van der Waals surface area contributed by atoms with Gasteiger partial charge in [0.25, 0.3) is 0 Å². The summed E-state index contributed by atoms with van der Waals surface area (Å²) in [5.41, 5.74) is 0.624. The van der Waals surface area contributed by atoms with E-state index < -0.39 is 5.82 Å². The number of nitrogens with zero attached hydrogens (tertiary/aromatic N) is 1. The number of hydrogen-bond donors (Lipinski definition) is 1. The minimum absolute atomic E-state index is 0.0579. The van der Waals surface area contributed by atoms with Crippen molar-refractivity contribution in [3.8, 4) is 0 Å². The maximum Gasteiger partial charge on any atom is 0.329 e. The van der Waals surface area contributed by atoms with Crippen molar-refractivity contribution >= 4 is 24.5 Å². The molecule has 0 aromatic carbocycles. The van der Waals surface area contributed by atoms with E-state index in [-0.39, 0.29) is 10.6 Å². The molecule has 0 amide bonds. The zero-order chi connectivity index (χ0) is 8.43. The molecule has 1 N–H and O–H groups in total. The van der Waals surface area contributed by atoms with Crippen molar-refractivity contribution in [3.05, 3.63) is 22.7 Å². The molecule has 0 atom stereocenters. The third-order valence-electron chi connectivity index (χ3n) is 1.21. The summed E-state index contributed by atoms with van der Waals surface area (Å²) >= 11 is 5.38. The van der Waals surface area contributed by atoms with Gasteiger partial charge < -0.3 is 5.02 Å². The smallest absolute Gasteiger partial charge is 0.329 e. The van der Waals surface area contributed by atoms with Gasteiger partial charge in [0.15, 0.2) is 11.0 Å². The van der Waals surface area contributed by atoms with Gasteiger partial charge >= 0.3 is 7.48 Å². The van der Waals surface area contributed by atoms with Crippen LogP contribution in [-0.4, -0.2) is 17.5 Å². The second kappa shape index (κ2) is 3.20. The van der Waals surface area contributed by atoms with Gasteiger partial charge in [-0.05, 0) is 18.5 Å². The zero-order valence-electron chi connectivity index (χ0n) is 5.81. The van der Waals surface area contributed by atoms with Gasteiger partial charge in [0.2, 0.25) is 0 Å². The second-order valence-corrected chi connectivity index (χ2v) is 2.44. The summed E-state index contributed by atoms with van der Waals surface area (Å²) in [6.07, 6.45) is 0. The van der Waals surface area contributed by atoms with Gasteiger partial charge in [0, 0.05) is 5.69 Å². The Morgan fingerprint density at radius 2 is 2.36 bits per heavy atom. The molecule has 1 aromatic heterocycles. The molecule has 1 aromatic rings. The summed E-state index contributed by atoms with van der Waals surface area (Å²) < 4.78 is 12.8.